The number of rotatable bonds is 4. The summed E-state index contributed by atoms with van der Waals surface area (Å²) in [6.45, 7) is 0.830. The van der Waals surface area contributed by atoms with Crippen molar-refractivity contribution < 1.29 is 19.1 Å². The number of amides is 2. The minimum absolute atomic E-state index is 0.0920. The number of carbonyl (C=O) groups is 2. The molecule has 36 heavy (non-hydrogen) atoms. The summed E-state index contributed by atoms with van der Waals surface area (Å²) >= 11 is 0. The maximum absolute atomic E-state index is 13.4. The highest BCUT2D eigenvalue weighted by Gasteiger charge is 2.28. The Hall–Kier alpha value is -4.28. The van der Waals surface area contributed by atoms with E-state index >= 15 is 0 Å². The molecular formula is C25H28N6O5. The van der Waals surface area contributed by atoms with Crippen molar-refractivity contribution in [2.45, 2.75) is 18.9 Å². The van der Waals surface area contributed by atoms with E-state index in [1.807, 2.05) is 35.4 Å². The van der Waals surface area contributed by atoms with Gasteiger partial charge < -0.3 is 33.8 Å². The minimum atomic E-state index is -0.843. The van der Waals surface area contributed by atoms with Gasteiger partial charge in [0.1, 0.15) is 22.9 Å². The van der Waals surface area contributed by atoms with Crippen LogP contribution in [0.1, 0.15) is 23.2 Å². The van der Waals surface area contributed by atoms with Gasteiger partial charge in [-0.05, 0) is 37.1 Å². The molecule has 5 rings (SSSR count). The number of nitrogens with two attached hydrogens (primary N) is 1. The molecule has 4 heterocycles. The van der Waals surface area contributed by atoms with Crippen LogP contribution in [-0.4, -0.2) is 61.9 Å². The largest absolute Gasteiger partial charge is 0.494 e. The smallest absolute Gasteiger partial charge is 0.404 e. The van der Waals surface area contributed by atoms with Crippen LogP contribution in [0.3, 0.4) is 0 Å². The lowest BCUT2D eigenvalue weighted by Gasteiger charge is -2.32. The number of ether oxygens (including phenoxy) is 2. The topological polar surface area (TPSA) is 127 Å². The first kappa shape index (κ1) is 23.5. The highest BCUT2D eigenvalue weighted by molar-refractivity contribution is 6.00. The number of pyridine rings is 1. The summed E-state index contributed by atoms with van der Waals surface area (Å²) in [5.74, 6) is 0.948. The number of imidazole rings is 1. The Bertz CT molecular complexity index is 1580. The first-order chi connectivity index (χ1) is 17.2. The van der Waals surface area contributed by atoms with E-state index in [0.717, 1.165) is 16.6 Å². The third kappa shape index (κ3) is 3.76. The third-order valence-electron chi connectivity index (χ3n) is 6.84. The number of hydrogen-bond acceptors (Lipinski definition) is 6. The second-order valence-corrected chi connectivity index (χ2v) is 9.12. The number of primary amides is 1. The summed E-state index contributed by atoms with van der Waals surface area (Å²) in [5, 5.41) is 0.823. The van der Waals surface area contributed by atoms with E-state index in [1.54, 1.807) is 42.0 Å². The molecule has 1 aliphatic heterocycles. The fourth-order valence-electron chi connectivity index (χ4n) is 5.05. The van der Waals surface area contributed by atoms with Gasteiger partial charge in [0, 0.05) is 44.8 Å². The number of likely N-dealkylation sites (tertiary alicyclic amines) is 1. The molecule has 11 nitrogen and oxygen atoms in total. The summed E-state index contributed by atoms with van der Waals surface area (Å²) in [4.78, 5) is 43.7. The molecule has 11 heteroatoms. The third-order valence-corrected chi connectivity index (χ3v) is 6.84. The van der Waals surface area contributed by atoms with Crippen molar-refractivity contribution in [2.24, 2.45) is 26.9 Å². The zero-order valence-electron chi connectivity index (χ0n) is 20.6. The molecule has 1 unspecified atom stereocenters. The predicted molar refractivity (Wildman–Crippen MR) is 134 cm³/mol. The number of aryl methyl sites for hydroxylation is 3. The molecule has 0 spiro atoms. The molecule has 2 N–H and O–H groups in total. The van der Waals surface area contributed by atoms with Crippen LogP contribution in [0.15, 0.2) is 35.3 Å². The Labute approximate surface area is 206 Å². The Morgan fingerprint density at radius 3 is 2.61 bits per heavy atom. The minimum Gasteiger partial charge on any atom is -0.494 e. The van der Waals surface area contributed by atoms with Crippen LogP contribution in [0.2, 0.25) is 0 Å². The van der Waals surface area contributed by atoms with E-state index in [-0.39, 0.29) is 18.0 Å². The van der Waals surface area contributed by atoms with Crippen molar-refractivity contribution in [2.75, 3.05) is 20.2 Å². The van der Waals surface area contributed by atoms with E-state index in [9.17, 15) is 14.4 Å². The van der Waals surface area contributed by atoms with Gasteiger partial charge in [-0.2, -0.15) is 0 Å². The molecule has 0 saturated carbocycles. The highest BCUT2D eigenvalue weighted by atomic mass is 16.6. The normalized spacial score (nSPS) is 16.0. The van der Waals surface area contributed by atoms with Crippen molar-refractivity contribution in [3.63, 3.8) is 0 Å². The lowest BCUT2D eigenvalue weighted by molar-refractivity contribution is 0.0373. The van der Waals surface area contributed by atoms with Crippen molar-refractivity contribution in [3.8, 4) is 17.3 Å². The molecule has 0 radical (unpaired) electrons. The van der Waals surface area contributed by atoms with Crippen molar-refractivity contribution in [1.82, 2.24) is 23.6 Å². The monoisotopic (exact) mass is 492 g/mol. The number of fused-ring (bicyclic) bond motifs is 2. The molecule has 1 saturated heterocycles. The van der Waals surface area contributed by atoms with E-state index in [1.165, 1.54) is 0 Å². The van der Waals surface area contributed by atoms with Crippen molar-refractivity contribution in [1.29, 1.82) is 0 Å². The average Bonchev–Trinajstić information content (AvgIpc) is 3.36. The first-order valence-electron chi connectivity index (χ1n) is 11.6. The first-order valence-corrected chi connectivity index (χ1v) is 11.6. The average molecular weight is 493 g/mol. The van der Waals surface area contributed by atoms with Gasteiger partial charge in [-0.1, -0.05) is 0 Å². The van der Waals surface area contributed by atoms with Gasteiger partial charge in [0.15, 0.2) is 5.82 Å². The van der Waals surface area contributed by atoms with Crippen LogP contribution < -0.4 is 16.0 Å². The van der Waals surface area contributed by atoms with Gasteiger partial charge in [0.05, 0.1) is 24.9 Å². The fraction of sp³-hybridized carbons (Fsp3) is 0.360. The van der Waals surface area contributed by atoms with Crippen LogP contribution in [0.4, 0.5) is 4.79 Å². The van der Waals surface area contributed by atoms with E-state index in [0.29, 0.717) is 47.6 Å². The SMILES string of the molecule is COc1cc(C(=O)N2CCCC(OC(N)=O)C2)cc2nc(-c3cc4ccn(C)c(=O)c4n3C)n(C)c12. The standard InChI is InChI=1S/C25H28N6O5/c1-28-9-7-14-11-18(29(2)20(14)24(28)33)22-27-17-10-15(12-19(35-4)21(17)30(22)3)23(32)31-8-5-6-16(13-31)36-25(26)34/h7,9-12,16H,5-6,8,13H2,1-4H3,(H2,26,34). The maximum Gasteiger partial charge on any atom is 0.404 e. The molecule has 0 bridgehead atoms. The number of methoxy groups -OCH3 is 1. The lowest BCUT2D eigenvalue weighted by Crippen LogP contribution is -2.44. The van der Waals surface area contributed by atoms with Gasteiger partial charge in [-0.25, -0.2) is 9.78 Å². The molecule has 4 aromatic rings. The van der Waals surface area contributed by atoms with Crippen LogP contribution in [0.25, 0.3) is 33.5 Å². The van der Waals surface area contributed by atoms with Gasteiger partial charge >= 0.3 is 6.09 Å². The molecule has 3 aromatic heterocycles. The molecule has 1 aromatic carbocycles. The van der Waals surface area contributed by atoms with Gasteiger partial charge in [-0.3, -0.25) is 9.59 Å². The summed E-state index contributed by atoms with van der Waals surface area (Å²) in [6, 6.07) is 7.27. The van der Waals surface area contributed by atoms with Gasteiger partial charge in [-0.15, -0.1) is 0 Å². The molecule has 0 aliphatic carbocycles. The predicted octanol–water partition coefficient (Wildman–Crippen LogP) is 2.14. The molecule has 1 atom stereocenters. The number of nitrogens with zero attached hydrogens (tertiary/aromatic N) is 5. The second kappa shape index (κ2) is 8.74. The number of piperidine rings is 1. The second-order valence-electron chi connectivity index (χ2n) is 9.12. The molecule has 188 valence electrons. The summed E-state index contributed by atoms with van der Waals surface area (Å²) in [6.07, 6.45) is 1.84. The molecule has 1 aliphatic rings. The van der Waals surface area contributed by atoms with E-state index in [2.05, 4.69) is 0 Å². The number of benzene rings is 1. The maximum atomic E-state index is 13.4. The molecule has 1 fully saturated rings. The zero-order valence-corrected chi connectivity index (χ0v) is 20.6. The fourth-order valence-corrected chi connectivity index (χ4v) is 5.05. The summed E-state index contributed by atoms with van der Waals surface area (Å²) < 4.78 is 16.1. The van der Waals surface area contributed by atoms with Crippen LogP contribution in [0.5, 0.6) is 5.75 Å². The number of aromatic nitrogens is 4. The lowest BCUT2D eigenvalue weighted by atomic mass is 10.1. The zero-order chi connectivity index (χ0) is 25.7. The van der Waals surface area contributed by atoms with Crippen LogP contribution in [0, 0.1) is 0 Å². The van der Waals surface area contributed by atoms with Gasteiger partial charge in [0.25, 0.3) is 11.5 Å². The van der Waals surface area contributed by atoms with Crippen molar-refractivity contribution >= 4 is 33.9 Å². The number of hydrogen-bond donors (Lipinski definition) is 1. The Kier molecular flexibility index (Phi) is 5.70. The molecular weight excluding hydrogens is 464 g/mol. The van der Waals surface area contributed by atoms with Crippen LogP contribution in [-0.2, 0) is 25.9 Å². The quantitative estimate of drug-likeness (QED) is 0.465. The molecule has 2 amide bonds. The highest BCUT2D eigenvalue weighted by Crippen LogP contribution is 2.33. The Morgan fingerprint density at radius 1 is 1.11 bits per heavy atom. The van der Waals surface area contributed by atoms with Crippen molar-refractivity contribution in [3.05, 3.63) is 46.4 Å². The number of carbonyl (C=O) groups excluding carboxylic acids is 2. The van der Waals surface area contributed by atoms with Crippen LogP contribution >= 0.6 is 0 Å². The summed E-state index contributed by atoms with van der Waals surface area (Å²) in [5.41, 5.74) is 8.17. The van der Waals surface area contributed by atoms with E-state index in [4.69, 9.17) is 20.2 Å². The Balaban J connectivity index is 1.58. The van der Waals surface area contributed by atoms with E-state index < -0.39 is 12.2 Å². The Morgan fingerprint density at radius 2 is 1.89 bits per heavy atom. The van der Waals surface area contributed by atoms with Gasteiger partial charge in [0.2, 0.25) is 0 Å². The summed E-state index contributed by atoms with van der Waals surface area (Å²) in [7, 11) is 6.98.